The predicted octanol–water partition coefficient (Wildman–Crippen LogP) is 13.6. The van der Waals surface area contributed by atoms with Crippen molar-refractivity contribution >= 4 is 49.8 Å². The first-order valence-electron chi connectivity index (χ1n) is 19.3. The van der Waals surface area contributed by atoms with Gasteiger partial charge in [-0.2, -0.15) is 0 Å². The van der Waals surface area contributed by atoms with Gasteiger partial charge in [0.05, 0.1) is 5.69 Å². The molecule has 2 heteroatoms. The molecule has 4 saturated carbocycles. The Morgan fingerprint density at radius 1 is 0.462 bits per heavy atom. The van der Waals surface area contributed by atoms with Crippen LogP contribution in [0.4, 0.5) is 17.1 Å². The summed E-state index contributed by atoms with van der Waals surface area (Å²) in [6, 6.07) is 56.4. The Kier molecular flexibility index (Phi) is 5.98. The number of furan rings is 1. The fourth-order valence-electron chi connectivity index (χ4n) is 11.8. The largest absolute Gasteiger partial charge is 0.456 e. The molecule has 1 aromatic heterocycles. The Balaban J connectivity index is 0.986. The monoisotopic (exact) mass is 669 g/mol. The van der Waals surface area contributed by atoms with Gasteiger partial charge in [0.2, 0.25) is 0 Å². The molecule has 250 valence electrons. The van der Waals surface area contributed by atoms with E-state index in [0.717, 1.165) is 62.7 Å². The first-order chi connectivity index (χ1) is 25.7. The van der Waals surface area contributed by atoms with Gasteiger partial charge in [0.15, 0.2) is 0 Å². The molecule has 0 atom stereocenters. The highest BCUT2D eigenvalue weighted by atomic mass is 16.3. The van der Waals surface area contributed by atoms with Crippen LogP contribution in [0.1, 0.15) is 43.2 Å². The van der Waals surface area contributed by atoms with Gasteiger partial charge in [-0.25, -0.2) is 0 Å². The zero-order chi connectivity index (χ0) is 34.0. The number of rotatable bonds is 4. The number of para-hydroxylation sites is 1. The lowest BCUT2D eigenvalue weighted by Gasteiger charge is -2.61. The van der Waals surface area contributed by atoms with Crippen molar-refractivity contribution in [2.24, 2.45) is 23.7 Å². The molecule has 5 aliphatic carbocycles. The molecule has 1 spiro atoms. The lowest BCUT2D eigenvalue weighted by atomic mass is 9.43. The van der Waals surface area contributed by atoms with Gasteiger partial charge in [-0.1, -0.05) is 103 Å². The first kappa shape index (κ1) is 29.0. The number of benzene rings is 7. The third kappa shape index (κ3) is 3.96. The van der Waals surface area contributed by atoms with Gasteiger partial charge < -0.3 is 9.32 Å². The Morgan fingerprint density at radius 2 is 1.12 bits per heavy atom. The lowest BCUT2D eigenvalue weighted by Crippen LogP contribution is -2.55. The van der Waals surface area contributed by atoms with Crippen LogP contribution in [-0.2, 0) is 5.41 Å². The van der Waals surface area contributed by atoms with Crippen LogP contribution in [0.5, 0.6) is 0 Å². The second-order valence-electron chi connectivity index (χ2n) is 16.1. The Morgan fingerprint density at radius 3 is 1.96 bits per heavy atom. The van der Waals surface area contributed by atoms with E-state index >= 15 is 0 Å². The van der Waals surface area contributed by atoms with Crippen LogP contribution in [-0.4, -0.2) is 0 Å². The molecule has 4 fully saturated rings. The van der Waals surface area contributed by atoms with E-state index in [0.29, 0.717) is 0 Å². The molecule has 0 unspecified atom stereocenters. The fraction of sp³-hybridized carbons (Fsp3) is 0.200. The van der Waals surface area contributed by atoms with Crippen LogP contribution in [0.25, 0.3) is 55.0 Å². The maximum Gasteiger partial charge on any atom is 0.137 e. The summed E-state index contributed by atoms with van der Waals surface area (Å²) in [5, 5.41) is 4.74. The molecule has 1 heterocycles. The van der Waals surface area contributed by atoms with E-state index in [-0.39, 0.29) is 5.41 Å². The molecule has 8 aromatic rings. The van der Waals surface area contributed by atoms with E-state index in [4.69, 9.17) is 4.42 Å². The maximum atomic E-state index is 6.40. The SMILES string of the molecule is c1ccc2c(c1)-c1ccc(-c3ccc(N(c4ccc5c(c4)oc4ccccc45)c4cccc5ccccc45)cc3)cc1C21C2CC3CC(C2)CC1C3. The van der Waals surface area contributed by atoms with Gasteiger partial charge in [-0.15, -0.1) is 0 Å². The summed E-state index contributed by atoms with van der Waals surface area (Å²) in [6.07, 6.45) is 7.10. The molecule has 2 nitrogen and oxygen atoms in total. The molecular formula is C50H39NO. The second-order valence-corrected chi connectivity index (χ2v) is 16.1. The third-order valence-electron chi connectivity index (χ3n) is 13.6. The van der Waals surface area contributed by atoms with Crippen molar-refractivity contribution < 1.29 is 4.42 Å². The normalized spacial score (nSPS) is 23.8. The summed E-state index contributed by atoms with van der Waals surface area (Å²) in [6.45, 7) is 0. The highest BCUT2D eigenvalue weighted by Gasteiger charge is 2.61. The van der Waals surface area contributed by atoms with Crippen LogP contribution in [0.2, 0.25) is 0 Å². The van der Waals surface area contributed by atoms with Gasteiger partial charge in [-0.05, 0) is 137 Å². The molecule has 0 radical (unpaired) electrons. The quantitative estimate of drug-likeness (QED) is 0.185. The average molecular weight is 670 g/mol. The van der Waals surface area contributed by atoms with Crippen LogP contribution in [0.3, 0.4) is 0 Å². The highest BCUT2D eigenvalue weighted by molar-refractivity contribution is 6.07. The van der Waals surface area contributed by atoms with Crippen LogP contribution >= 0.6 is 0 Å². The minimum atomic E-state index is 0.176. The van der Waals surface area contributed by atoms with Crippen molar-refractivity contribution in [2.75, 3.05) is 4.90 Å². The minimum Gasteiger partial charge on any atom is -0.456 e. The molecule has 0 amide bonds. The summed E-state index contributed by atoms with van der Waals surface area (Å²) >= 11 is 0. The molecule has 0 saturated heterocycles. The maximum absolute atomic E-state index is 6.40. The van der Waals surface area contributed by atoms with E-state index in [9.17, 15) is 0 Å². The zero-order valence-corrected chi connectivity index (χ0v) is 29.1. The molecule has 4 bridgehead atoms. The molecule has 7 aromatic carbocycles. The van der Waals surface area contributed by atoms with Gasteiger partial charge >= 0.3 is 0 Å². The summed E-state index contributed by atoms with van der Waals surface area (Å²) in [7, 11) is 0. The topological polar surface area (TPSA) is 16.4 Å². The Labute approximate surface area is 304 Å². The molecule has 5 aliphatic rings. The minimum absolute atomic E-state index is 0.176. The van der Waals surface area contributed by atoms with E-state index < -0.39 is 0 Å². The zero-order valence-electron chi connectivity index (χ0n) is 29.1. The van der Waals surface area contributed by atoms with E-state index in [1.165, 1.54) is 65.1 Å². The van der Waals surface area contributed by atoms with E-state index in [2.05, 4.69) is 150 Å². The van der Waals surface area contributed by atoms with Gasteiger partial charge in [0, 0.05) is 39.0 Å². The van der Waals surface area contributed by atoms with Crippen molar-refractivity contribution in [2.45, 2.75) is 37.5 Å². The number of fused-ring (bicyclic) bond motifs is 7. The van der Waals surface area contributed by atoms with Crippen molar-refractivity contribution in [3.63, 3.8) is 0 Å². The molecule has 52 heavy (non-hydrogen) atoms. The molecule has 13 rings (SSSR count). The van der Waals surface area contributed by atoms with Gasteiger partial charge in [-0.3, -0.25) is 0 Å². The lowest BCUT2D eigenvalue weighted by molar-refractivity contribution is -0.0399. The second kappa shape index (κ2) is 10.7. The average Bonchev–Trinajstić information content (AvgIpc) is 3.70. The van der Waals surface area contributed by atoms with Crippen molar-refractivity contribution in [3.8, 4) is 22.3 Å². The first-order valence-corrected chi connectivity index (χ1v) is 19.3. The highest BCUT2D eigenvalue weighted by Crippen LogP contribution is 2.69. The molecule has 0 N–H and O–H groups in total. The van der Waals surface area contributed by atoms with Gasteiger partial charge in [0.25, 0.3) is 0 Å². The smallest absolute Gasteiger partial charge is 0.137 e. The van der Waals surface area contributed by atoms with Crippen LogP contribution in [0, 0.1) is 23.7 Å². The summed E-state index contributed by atoms with van der Waals surface area (Å²) in [4.78, 5) is 2.39. The fourth-order valence-corrected chi connectivity index (χ4v) is 11.8. The standard InChI is InChI=1S/C50H39NO/c1-2-10-40-34(8-1)9-7-14-47(40)51(39-21-23-44-43-12-4-6-15-48(43)52-49(44)30-39)38-19-16-33(17-20-38)35-18-22-42-41-11-3-5-13-45(41)50(46(42)29-35)36-25-31-24-32(27-36)28-37(50)26-31/h1-23,29-32,36-37H,24-28H2. The summed E-state index contributed by atoms with van der Waals surface area (Å²) < 4.78 is 6.40. The molecule has 0 aliphatic heterocycles. The number of anilines is 3. The van der Waals surface area contributed by atoms with Crippen LogP contribution < -0.4 is 4.90 Å². The van der Waals surface area contributed by atoms with Crippen LogP contribution in [0.15, 0.2) is 156 Å². The van der Waals surface area contributed by atoms with E-state index in [1.807, 2.05) is 6.07 Å². The van der Waals surface area contributed by atoms with Crippen molar-refractivity contribution in [1.29, 1.82) is 0 Å². The Bertz CT molecular complexity index is 2680. The third-order valence-corrected chi connectivity index (χ3v) is 13.6. The number of hydrogen-bond donors (Lipinski definition) is 0. The summed E-state index contributed by atoms with van der Waals surface area (Å²) in [5.41, 5.74) is 14.2. The van der Waals surface area contributed by atoms with Gasteiger partial charge in [0.1, 0.15) is 11.2 Å². The summed E-state index contributed by atoms with van der Waals surface area (Å²) in [5.74, 6) is 3.42. The Hall–Kier alpha value is -5.60. The predicted molar refractivity (Wildman–Crippen MR) is 215 cm³/mol. The van der Waals surface area contributed by atoms with Crippen molar-refractivity contribution in [1.82, 2.24) is 0 Å². The molecular weight excluding hydrogens is 631 g/mol. The van der Waals surface area contributed by atoms with Crippen molar-refractivity contribution in [3.05, 3.63) is 163 Å². The number of hydrogen-bond acceptors (Lipinski definition) is 2. The van der Waals surface area contributed by atoms with E-state index in [1.54, 1.807) is 11.1 Å². The number of nitrogens with zero attached hydrogens (tertiary/aromatic N) is 1.